The van der Waals surface area contributed by atoms with E-state index in [1.54, 1.807) is 18.5 Å². The minimum Gasteiger partial charge on any atom is -0.475 e. The molecule has 0 aliphatic carbocycles. The highest BCUT2D eigenvalue weighted by atomic mass is 19.4. The van der Waals surface area contributed by atoms with Crippen molar-refractivity contribution in [2.24, 2.45) is 5.41 Å². The van der Waals surface area contributed by atoms with E-state index in [4.69, 9.17) is 9.90 Å². The lowest BCUT2D eigenvalue weighted by Gasteiger charge is -2.45. The first-order chi connectivity index (χ1) is 15.5. The summed E-state index contributed by atoms with van der Waals surface area (Å²) in [5.74, 6) is -5.91. The quantitative estimate of drug-likeness (QED) is 0.670. The highest BCUT2D eigenvalue weighted by Crippen LogP contribution is 2.50. The molecule has 0 radical (unpaired) electrons. The number of aliphatic carboxylic acids is 1. The Balaban J connectivity index is 0.000000383. The average molecular weight is 473 g/mol. The molecule has 2 aliphatic rings. The predicted molar refractivity (Wildman–Crippen MR) is 105 cm³/mol. The van der Waals surface area contributed by atoms with Crippen LogP contribution in [0.5, 0.6) is 0 Å². The number of rotatable bonds is 2. The van der Waals surface area contributed by atoms with Crippen LogP contribution in [-0.4, -0.2) is 75.1 Å². The Labute approximate surface area is 185 Å². The summed E-state index contributed by atoms with van der Waals surface area (Å²) in [6.45, 7) is 0.771. The second-order valence-corrected chi connectivity index (χ2v) is 7.74. The molecule has 1 N–H and O–H groups in total. The van der Waals surface area contributed by atoms with Crippen LogP contribution >= 0.6 is 0 Å². The fourth-order valence-corrected chi connectivity index (χ4v) is 3.91. The number of piperidine rings is 1. The lowest BCUT2D eigenvalue weighted by molar-refractivity contribution is -0.192. The Bertz CT molecular complexity index is 977. The molecule has 1 atom stereocenters. The molecule has 33 heavy (non-hydrogen) atoms. The van der Waals surface area contributed by atoms with Crippen molar-refractivity contribution in [3.05, 3.63) is 48.8 Å². The smallest absolute Gasteiger partial charge is 0.475 e. The fourth-order valence-electron chi connectivity index (χ4n) is 3.91. The molecule has 178 valence electrons. The zero-order valence-electron chi connectivity index (χ0n) is 17.2. The molecular formula is C20H20F5N5O3. The topological polar surface area (TPSA) is 99.5 Å². The number of carboxylic acids is 1. The second-order valence-electron chi connectivity index (χ2n) is 7.74. The molecule has 13 heteroatoms. The number of aromatic nitrogens is 3. The van der Waals surface area contributed by atoms with Gasteiger partial charge in [-0.3, -0.25) is 14.8 Å². The predicted octanol–water partition coefficient (Wildman–Crippen LogP) is 2.88. The Morgan fingerprint density at radius 1 is 1.00 bits per heavy atom. The molecule has 2 aliphatic heterocycles. The summed E-state index contributed by atoms with van der Waals surface area (Å²) in [6.07, 6.45) is 2.54. The van der Waals surface area contributed by atoms with Crippen molar-refractivity contribution in [1.82, 2.24) is 19.9 Å². The minimum atomic E-state index is -5.08. The van der Waals surface area contributed by atoms with Crippen molar-refractivity contribution in [3.63, 3.8) is 0 Å². The van der Waals surface area contributed by atoms with Crippen LogP contribution in [-0.2, 0) is 4.79 Å². The van der Waals surface area contributed by atoms with Gasteiger partial charge in [0.1, 0.15) is 5.69 Å². The van der Waals surface area contributed by atoms with Gasteiger partial charge in [-0.15, -0.1) is 0 Å². The molecule has 0 bridgehead atoms. The molecule has 8 nitrogen and oxygen atoms in total. The summed E-state index contributed by atoms with van der Waals surface area (Å²) < 4.78 is 61.5. The molecule has 1 amide bonds. The molecule has 2 aromatic rings. The number of nitrogens with zero attached hydrogens (tertiary/aromatic N) is 5. The van der Waals surface area contributed by atoms with Gasteiger partial charge in [-0.2, -0.15) is 13.2 Å². The van der Waals surface area contributed by atoms with Gasteiger partial charge >= 0.3 is 12.1 Å². The SMILES string of the molecule is O=C(O)C(F)(F)F.O=C(c1cnccn1)N1CCC(F)(F)C2(CCN(c3cccnc3)C2)C1. The van der Waals surface area contributed by atoms with Gasteiger partial charge in [-0.25, -0.2) is 18.6 Å². The molecule has 0 aromatic carbocycles. The lowest BCUT2D eigenvalue weighted by Crippen LogP contribution is -2.58. The van der Waals surface area contributed by atoms with E-state index < -0.39 is 23.5 Å². The van der Waals surface area contributed by atoms with Gasteiger partial charge in [0.25, 0.3) is 11.8 Å². The Kier molecular flexibility index (Phi) is 6.79. The van der Waals surface area contributed by atoms with Gasteiger partial charge in [0, 0.05) is 51.2 Å². The lowest BCUT2D eigenvalue weighted by atomic mass is 9.75. The van der Waals surface area contributed by atoms with E-state index in [0.717, 1.165) is 5.69 Å². The molecule has 1 unspecified atom stereocenters. The maximum absolute atomic E-state index is 14.9. The third kappa shape index (κ3) is 5.34. The Morgan fingerprint density at radius 3 is 2.27 bits per heavy atom. The van der Waals surface area contributed by atoms with Gasteiger partial charge in [-0.05, 0) is 18.6 Å². The number of halogens is 5. The fraction of sp³-hybridized carbons (Fsp3) is 0.450. The van der Waals surface area contributed by atoms with Crippen LogP contribution in [0.2, 0.25) is 0 Å². The zero-order chi connectivity index (χ0) is 24.3. The van der Waals surface area contributed by atoms with E-state index in [1.165, 1.54) is 23.5 Å². The van der Waals surface area contributed by atoms with Crippen molar-refractivity contribution >= 4 is 17.6 Å². The van der Waals surface area contributed by atoms with Crippen LogP contribution in [0.25, 0.3) is 0 Å². The van der Waals surface area contributed by atoms with Crippen LogP contribution in [0, 0.1) is 5.41 Å². The highest BCUT2D eigenvalue weighted by Gasteiger charge is 2.60. The summed E-state index contributed by atoms with van der Waals surface area (Å²) in [7, 11) is 0. The second kappa shape index (κ2) is 9.24. The highest BCUT2D eigenvalue weighted by molar-refractivity contribution is 5.92. The van der Waals surface area contributed by atoms with Crippen molar-refractivity contribution < 1.29 is 36.6 Å². The van der Waals surface area contributed by atoms with Gasteiger partial charge in [-0.1, -0.05) is 0 Å². The van der Waals surface area contributed by atoms with Gasteiger partial charge in [0.15, 0.2) is 0 Å². The van der Waals surface area contributed by atoms with Crippen LogP contribution in [0.3, 0.4) is 0 Å². The Hall–Kier alpha value is -3.38. The standard InChI is InChI=1S/C18H19F2N5O.C2HF3O2/c19-18(20)4-9-25(16(26)15-11-22-6-7-23-15)13-17(18)3-8-24(12-17)14-2-1-5-21-10-14;3-2(4,5)1(6)7/h1-2,5-7,10-11H,3-4,8-9,12-13H2;(H,6,7). The summed E-state index contributed by atoms with van der Waals surface area (Å²) >= 11 is 0. The van der Waals surface area contributed by atoms with E-state index >= 15 is 0 Å². The van der Waals surface area contributed by atoms with E-state index in [0.29, 0.717) is 13.0 Å². The van der Waals surface area contributed by atoms with Gasteiger partial charge < -0.3 is 14.9 Å². The van der Waals surface area contributed by atoms with Crippen LogP contribution < -0.4 is 4.90 Å². The van der Waals surface area contributed by atoms with E-state index in [9.17, 15) is 26.7 Å². The number of amides is 1. The monoisotopic (exact) mass is 473 g/mol. The van der Waals surface area contributed by atoms with Crippen LogP contribution in [0.1, 0.15) is 23.3 Å². The number of carbonyl (C=O) groups is 2. The molecule has 2 aromatic heterocycles. The maximum atomic E-state index is 14.9. The van der Waals surface area contributed by atoms with E-state index in [-0.39, 0.29) is 37.7 Å². The van der Waals surface area contributed by atoms with Gasteiger partial charge in [0.05, 0.1) is 23.5 Å². The first-order valence-electron chi connectivity index (χ1n) is 9.83. The number of hydrogen-bond donors (Lipinski definition) is 1. The van der Waals surface area contributed by atoms with Crippen molar-refractivity contribution in [3.8, 4) is 0 Å². The summed E-state index contributed by atoms with van der Waals surface area (Å²) in [5, 5.41) is 7.12. The third-order valence-corrected chi connectivity index (χ3v) is 5.64. The average Bonchev–Trinajstić information content (AvgIpc) is 3.22. The minimum absolute atomic E-state index is 0.0200. The first-order valence-corrected chi connectivity index (χ1v) is 9.83. The normalized spacial score (nSPS) is 22.0. The number of carbonyl (C=O) groups excluding carboxylic acids is 1. The number of anilines is 1. The molecule has 0 saturated carbocycles. The summed E-state index contributed by atoms with van der Waals surface area (Å²) in [5.41, 5.74) is -0.230. The molecule has 4 rings (SSSR count). The number of pyridine rings is 1. The van der Waals surface area contributed by atoms with Crippen molar-refractivity contribution in [2.75, 3.05) is 31.1 Å². The molecule has 2 saturated heterocycles. The maximum Gasteiger partial charge on any atom is 0.490 e. The zero-order valence-corrected chi connectivity index (χ0v) is 17.2. The summed E-state index contributed by atoms with van der Waals surface area (Å²) in [4.78, 5) is 37.0. The van der Waals surface area contributed by atoms with Crippen molar-refractivity contribution in [1.29, 1.82) is 0 Å². The van der Waals surface area contributed by atoms with Crippen molar-refractivity contribution in [2.45, 2.75) is 24.9 Å². The van der Waals surface area contributed by atoms with Crippen LogP contribution in [0.4, 0.5) is 27.6 Å². The third-order valence-electron chi connectivity index (χ3n) is 5.64. The largest absolute Gasteiger partial charge is 0.490 e. The number of likely N-dealkylation sites (tertiary alicyclic amines) is 1. The molecule has 4 heterocycles. The number of hydrogen-bond acceptors (Lipinski definition) is 6. The number of alkyl halides is 5. The summed E-state index contributed by atoms with van der Waals surface area (Å²) in [6, 6.07) is 3.67. The first kappa shape index (κ1) is 24.3. The van der Waals surface area contributed by atoms with E-state index in [2.05, 4.69) is 15.0 Å². The molecular weight excluding hydrogens is 453 g/mol. The van der Waals surface area contributed by atoms with E-state index in [1.807, 2.05) is 11.0 Å². The van der Waals surface area contributed by atoms with Crippen LogP contribution in [0.15, 0.2) is 43.1 Å². The number of carboxylic acid groups (broad SMARTS) is 1. The Morgan fingerprint density at radius 2 is 1.70 bits per heavy atom. The molecule has 1 spiro atoms. The molecule has 2 fully saturated rings. The van der Waals surface area contributed by atoms with Gasteiger partial charge in [0.2, 0.25) is 0 Å².